The van der Waals surface area contributed by atoms with Crippen LogP contribution in [-0.4, -0.2) is 36.9 Å². The highest BCUT2D eigenvalue weighted by atomic mass is 16.5. The van der Waals surface area contributed by atoms with Gasteiger partial charge in [0.05, 0.1) is 0 Å². The predicted molar refractivity (Wildman–Crippen MR) is 141 cm³/mol. The second kappa shape index (κ2) is 20.9. The molecule has 0 aliphatic rings. The van der Waals surface area contributed by atoms with E-state index in [0.717, 1.165) is 24.8 Å². The number of ether oxygens (including phenoxy) is 1. The summed E-state index contributed by atoms with van der Waals surface area (Å²) in [5, 5.41) is 5.49. The molecule has 1 unspecified atom stereocenters. The van der Waals surface area contributed by atoms with Gasteiger partial charge < -0.3 is 21.1 Å². The third-order valence-electron chi connectivity index (χ3n) is 5.98. The highest BCUT2D eigenvalue weighted by Crippen LogP contribution is 2.12. The zero-order chi connectivity index (χ0) is 25.6. The number of benzene rings is 1. The summed E-state index contributed by atoms with van der Waals surface area (Å²) in [7, 11) is 0. The van der Waals surface area contributed by atoms with Gasteiger partial charge in [-0.3, -0.25) is 14.4 Å². The van der Waals surface area contributed by atoms with Crippen LogP contribution < -0.4 is 16.4 Å². The van der Waals surface area contributed by atoms with Crippen LogP contribution in [0.3, 0.4) is 0 Å². The van der Waals surface area contributed by atoms with E-state index in [1.807, 2.05) is 30.3 Å². The van der Waals surface area contributed by atoms with Crippen molar-refractivity contribution in [2.24, 2.45) is 5.73 Å². The molecule has 1 aromatic carbocycles. The van der Waals surface area contributed by atoms with Gasteiger partial charge in [-0.15, -0.1) is 0 Å². The molecule has 0 heterocycles. The minimum absolute atomic E-state index is 0.0479. The van der Waals surface area contributed by atoms with Gasteiger partial charge in [0.25, 0.3) is 0 Å². The molecular weight excluding hydrogens is 442 g/mol. The van der Waals surface area contributed by atoms with Gasteiger partial charge in [-0.25, -0.2) is 0 Å². The average molecular weight is 490 g/mol. The molecule has 4 N–H and O–H groups in total. The van der Waals surface area contributed by atoms with Crippen LogP contribution in [0.1, 0.15) is 102 Å². The van der Waals surface area contributed by atoms with E-state index < -0.39 is 12.0 Å². The Bertz CT molecular complexity index is 697. The van der Waals surface area contributed by atoms with Crippen molar-refractivity contribution in [1.29, 1.82) is 0 Å². The van der Waals surface area contributed by atoms with Crippen molar-refractivity contribution in [2.75, 3.05) is 13.1 Å². The van der Waals surface area contributed by atoms with Crippen molar-refractivity contribution < 1.29 is 19.1 Å². The van der Waals surface area contributed by atoms with Gasteiger partial charge in [-0.1, -0.05) is 101 Å². The Balaban J connectivity index is 2.26. The highest BCUT2D eigenvalue weighted by molar-refractivity contribution is 5.88. The van der Waals surface area contributed by atoms with Crippen LogP contribution in [0.5, 0.6) is 0 Å². The maximum Gasteiger partial charge on any atom is 0.306 e. The van der Waals surface area contributed by atoms with E-state index in [1.165, 1.54) is 51.4 Å². The first-order chi connectivity index (χ1) is 17.1. The molecule has 35 heavy (non-hydrogen) atoms. The van der Waals surface area contributed by atoms with Gasteiger partial charge in [-0.2, -0.15) is 0 Å². The van der Waals surface area contributed by atoms with Crippen molar-refractivity contribution in [3.63, 3.8) is 0 Å². The highest BCUT2D eigenvalue weighted by Gasteiger charge is 2.21. The van der Waals surface area contributed by atoms with Crippen LogP contribution in [0.15, 0.2) is 30.3 Å². The van der Waals surface area contributed by atoms with Gasteiger partial charge >= 0.3 is 5.97 Å². The third-order valence-corrected chi connectivity index (χ3v) is 5.98. The van der Waals surface area contributed by atoms with Crippen LogP contribution in [-0.2, 0) is 25.7 Å². The van der Waals surface area contributed by atoms with E-state index in [0.29, 0.717) is 19.5 Å². The van der Waals surface area contributed by atoms with Crippen LogP contribution in [0.4, 0.5) is 0 Å². The number of carbonyl (C=O) groups is 3. The van der Waals surface area contributed by atoms with Crippen LogP contribution in [0.2, 0.25) is 0 Å². The summed E-state index contributed by atoms with van der Waals surface area (Å²) in [6.45, 7) is 3.06. The first kappa shape index (κ1) is 30.6. The molecule has 1 rings (SSSR count). The average Bonchev–Trinajstić information content (AvgIpc) is 2.87. The fraction of sp³-hybridized carbons (Fsp3) is 0.679. The molecule has 0 fully saturated rings. The van der Waals surface area contributed by atoms with Crippen LogP contribution in [0, 0.1) is 0 Å². The first-order valence-corrected chi connectivity index (χ1v) is 13.5. The van der Waals surface area contributed by atoms with Crippen molar-refractivity contribution >= 4 is 17.8 Å². The molecule has 1 atom stereocenters. The van der Waals surface area contributed by atoms with Crippen molar-refractivity contribution in [2.45, 2.75) is 109 Å². The van der Waals surface area contributed by atoms with E-state index in [9.17, 15) is 14.4 Å². The second-order valence-electron chi connectivity index (χ2n) is 9.17. The molecule has 7 nitrogen and oxygen atoms in total. The monoisotopic (exact) mass is 489 g/mol. The largest absolute Gasteiger partial charge is 0.461 e. The SMILES string of the molecule is CCCCCCCCCCCCCC(=O)NC(CCC(=O)OCc1ccccc1)C(=O)NCCN. The number of nitrogens with two attached hydrogens (primary N) is 1. The molecule has 0 saturated heterocycles. The van der Waals surface area contributed by atoms with Gasteiger partial charge in [0.2, 0.25) is 11.8 Å². The minimum Gasteiger partial charge on any atom is -0.461 e. The number of hydrogen-bond donors (Lipinski definition) is 3. The Hall–Kier alpha value is -2.41. The Labute approximate surface area is 211 Å². The van der Waals surface area contributed by atoms with Gasteiger partial charge in [0, 0.05) is 25.9 Å². The molecule has 0 bridgehead atoms. The van der Waals surface area contributed by atoms with E-state index in [4.69, 9.17) is 10.5 Å². The molecule has 0 radical (unpaired) electrons. The fourth-order valence-electron chi connectivity index (χ4n) is 3.88. The number of rotatable bonds is 21. The van der Waals surface area contributed by atoms with E-state index in [1.54, 1.807) is 0 Å². The Kier molecular flexibility index (Phi) is 18.3. The van der Waals surface area contributed by atoms with Gasteiger partial charge in [0.1, 0.15) is 12.6 Å². The van der Waals surface area contributed by atoms with E-state index in [-0.39, 0.29) is 31.3 Å². The second-order valence-corrected chi connectivity index (χ2v) is 9.17. The quantitative estimate of drug-likeness (QED) is 0.170. The maximum absolute atomic E-state index is 12.5. The number of amides is 2. The molecular formula is C28H47N3O4. The number of unbranched alkanes of at least 4 members (excludes halogenated alkanes) is 10. The van der Waals surface area contributed by atoms with Crippen LogP contribution >= 0.6 is 0 Å². The molecule has 7 heteroatoms. The van der Waals surface area contributed by atoms with Crippen LogP contribution in [0.25, 0.3) is 0 Å². The zero-order valence-electron chi connectivity index (χ0n) is 21.7. The normalized spacial score (nSPS) is 11.6. The van der Waals surface area contributed by atoms with Gasteiger partial charge in [0.15, 0.2) is 0 Å². The number of carbonyl (C=O) groups excluding carboxylic acids is 3. The summed E-state index contributed by atoms with van der Waals surface area (Å²) in [5.41, 5.74) is 6.37. The summed E-state index contributed by atoms with van der Waals surface area (Å²) < 4.78 is 5.29. The zero-order valence-corrected chi connectivity index (χ0v) is 21.7. The molecule has 2 amide bonds. The molecule has 0 aromatic heterocycles. The third kappa shape index (κ3) is 16.8. The molecule has 0 aliphatic heterocycles. The predicted octanol–water partition coefficient (Wildman–Crippen LogP) is 4.77. The standard InChI is InChI=1S/C28H47N3O4/c1-2-3-4-5-6-7-8-9-10-11-15-18-26(32)31-25(28(34)30-22-21-29)19-20-27(33)35-23-24-16-13-12-14-17-24/h12-14,16-17,25H,2-11,15,18-23,29H2,1H3,(H,30,34)(H,31,32). The molecule has 198 valence electrons. The van der Waals surface area contributed by atoms with Crippen molar-refractivity contribution in [3.8, 4) is 0 Å². The fourth-order valence-corrected chi connectivity index (χ4v) is 3.88. The molecule has 0 saturated carbocycles. The lowest BCUT2D eigenvalue weighted by molar-refractivity contribution is -0.145. The lowest BCUT2D eigenvalue weighted by Gasteiger charge is -2.18. The Morgan fingerprint density at radius 2 is 1.46 bits per heavy atom. The van der Waals surface area contributed by atoms with E-state index in [2.05, 4.69) is 17.6 Å². The lowest BCUT2D eigenvalue weighted by atomic mass is 10.0. The summed E-state index contributed by atoms with van der Waals surface area (Å²) >= 11 is 0. The van der Waals surface area contributed by atoms with Gasteiger partial charge in [-0.05, 0) is 18.4 Å². The minimum atomic E-state index is -0.772. The number of esters is 1. The number of nitrogens with one attached hydrogen (secondary N) is 2. The van der Waals surface area contributed by atoms with Crippen molar-refractivity contribution in [3.05, 3.63) is 35.9 Å². The van der Waals surface area contributed by atoms with Crippen molar-refractivity contribution in [1.82, 2.24) is 10.6 Å². The topological polar surface area (TPSA) is 111 Å². The Morgan fingerprint density at radius 1 is 0.857 bits per heavy atom. The first-order valence-electron chi connectivity index (χ1n) is 13.5. The molecule has 0 aliphatic carbocycles. The van der Waals surface area contributed by atoms with E-state index >= 15 is 0 Å². The summed E-state index contributed by atoms with van der Waals surface area (Å²) in [5.74, 6) is -0.879. The Morgan fingerprint density at radius 3 is 2.06 bits per heavy atom. The lowest BCUT2D eigenvalue weighted by Crippen LogP contribution is -2.48. The molecule has 1 aromatic rings. The summed E-state index contributed by atoms with van der Waals surface area (Å²) in [6, 6.07) is 8.65. The summed E-state index contributed by atoms with van der Waals surface area (Å²) in [4.78, 5) is 37.0. The molecule has 0 spiro atoms. The smallest absolute Gasteiger partial charge is 0.306 e. The summed E-state index contributed by atoms with van der Waals surface area (Å²) in [6.07, 6.45) is 14.0. The number of hydrogen-bond acceptors (Lipinski definition) is 5. The maximum atomic E-state index is 12.5.